The second kappa shape index (κ2) is 10.2. The average molecular weight is 576 g/mol. The Morgan fingerprint density at radius 1 is 0.356 bits per heavy atom. The molecule has 0 unspecified atom stereocenters. The van der Waals surface area contributed by atoms with Gasteiger partial charge in [0.05, 0.1) is 0 Å². The first-order chi connectivity index (χ1) is 22.3. The van der Waals surface area contributed by atoms with Gasteiger partial charge in [-0.2, -0.15) is 0 Å². The molecule has 0 saturated carbocycles. The highest BCUT2D eigenvalue weighted by Crippen LogP contribution is 2.39. The molecule has 0 aliphatic rings. The molecule has 0 fully saturated rings. The first kappa shape index (κ1) is 25.4. The second-order valence-electron chi connectivity index (χ2n) is 11.3. The molecule has 0 spiro atoms. The Bertz CT molecular complexity index is 2540. The normalized spacial score (nSPS) is 11.6. The van der Waals surface area contributed by atoms with Crippen LogP contribution in [-0.4, -0.2) is 15.0 Å². The van der Waals surface area contributed by atoms with Gasteiger partial charge in [-0.05, 0) is 63.0 Å². The largest absolute Gasteiger partial charge is 0.456 e. The molecular weight excluding hydrogens is 550 g/mol. The maximum Gasteiger partial charge on any atom is 0.164 e. The van der Waals surface area contributed by atoms with E-state index >= 15 is 0 Å². The molecule has 9 aromatic rings. The molecule has 0 atom stereocenters. The average Bonchev–Trinajstić information content (AvgIpc) is 3.48. The van der Waals surface area contributed by atoms with Crippen molar-refractivity contribution in [2.45, 2.75) is 0 Å². The smallest absolute Gasteiger partial charge is 0.164 e. The quantitative estimate of drug-likeness (QED) is 0.209. The van der Waals surface area contributed by atoms with Crippen molar-refractivity contribution >= 4 is 43.5 Å². The van der Waals surface area contributed by atoms with E-state index < -0.39 is 0 Å². The lowest BCUT2D eigenvalue weighted by Gasteiger charge is -2.10. The summed E-state index contributed by atoms with van der Waals surface area (Å²) in [5.74, 6) is 1.87. The number of aromatic nitrogens is 3. The van der Waals surface area contributed by atoms with Gasteiger partial charge in [0, 0.05) is 27.5 Å². The fraction of sp³-hybridized carbons (Fsp3) is 0. The summed E-state index contributed by atoms with van der Waals surface area (Å²) in [5, 5.41) is 6.63. The Hall–Kier alpha value is -6.13. The minimum Gasteiger partial charge on any atom is -0.456 e. The Morgan fingerprint density at radius 3 is 1.80 bits per heavy atom. The van der Waals surface area contributed by atoms with Crippen molar-refractivity contribution in [3.63, 3.8) is 0 Å². The van der Waals surface area contributed by atoms with Crippen LogP contribution in [0.4, 0.5) is 0 Å². The molecule has 0 N–H and O–H groups in total. The van der Waals surface area contributed by atoms with E-state index in [4.69, 9.17) is 19.4 Å². The Labute approximate surface area is 259 Å². The van der Waals surface area contributed by atoms with E-state index in [0.717, 1.165) is 54.8 Å². The number of hydrogen-bond donors (Lipinski definition) is 0. The van der Waals surface area contributed by atoms with Gasteiger partial charge in [-0.1, -0.05) is 121 Å². The summed E-state index contributed by atoms with van der Waals surface area (Å²) < 4.78 is 6.44. The van der Waals surface area contributed by atoms with Crippen LogP contribution in [0.3, 0.4) is 0 Å². The van der Waals surface area contributed by atoms with Crippen LogP contribution in [0, 0.1) is 0 Å². The van der Waals surface area contributed by atoms with Gasteiger partial charge in [-0.25, -0.2) is 15.0 Å². The van der Waals surface area contributed by atoms with Crippen molar-refractivity contribution in [2.75, 3.05) is 0 Å². The van der Waals surface area contributed by atoms with E-state index in [2.05, 4.69) is 103 Å². The minimum atomic E-state index is 0.610. The number of benzene rings is 7. The topological polar surface area (TPSA) is 51.8 Å². The summed E-state index contributed by atoms with van der Waals surface area (Å²) in [7, 11) is 0. The molecule has 0 saturated heterocycles. The molecule has 45 heavy (non-hydrogen) atoms. The zero-order chi connectivity index (χ0) is 29.7. The second-order valence-corrected chi connectivity index (χ2v) is 11.3. The van der Waals surface area contributed by atoms with Gasteiger partial charge in [0.1, 0.15) is 11.2 Å². The van der Waals surface area contributed by atoms with Crippen molar-refractivity contribution in [3.05, 3.63) is 152 Å². The lowest BCUT2D eigenvalue weighted by molar-refractivity contribution is 0.669. The molecule has 4 nitrogen and oxygen atoms in total. The van der Waals surface area contributed by atoms with Crippen LogP contribution in [0.1, 0.15) is 0 Å². The summed E-state index contributed by atoms with van der Waals surface area (Å²) in [6.07, 6.45) is 0. The van der Waals surface area contributed by atoms with Gasteiger partial charge in [0.15, 0.2) is 17.5 Å². The molecule has 210 valence electrons. The van der Waals surface area contributed by atoms with E-state index in [9.17, 15) is 0 Å². The third kappa shape index (κ3) is 4.43. The van der Waals surface area contributed by atoms with Crippen molar-refractivity contribution in [3.8, 4) is 45.3 Å². The number of hydrogen-bond acceptors (Lipinski definition) is 4. The monoisotopic (exact) mass is 575 g/mol. The summed E-state index contributed by atoms with van der Waals surface area (Å²) in [6.45, 7) is 0. The molecule has 4 heteroatoms. The van der Waals surface area contributed by atoms with Gasteiger partial charge in [-0.3, -0.25) is 0 Å². The zero-order valence-corrected chi connectivity index (χ0v) is 24.2. The minimum absolute atomic E-state index is 0.610. The van der Waals surface area contributed by atoms with E-state index in [0.29, 0.717) is 17.5 Å². The summed E-state index contributed by atoms with van der Waals surface area (Å²) in [4.78, 5) is 15.1. The van der Waals surface area contributed by atoms with Crippen LogP contribution >= 0.6 is 0 Å². The maximum atomic E-state index is 6.44. The number of rotatable bonds is 4. The predicted octanol–water partition coefficient (Wildman–Crippen LogP) is 10.7. The lowest BCUT2D eigenvalue weighted by Crippen LogP contribution is -2.00. The highest BCUT2D eigenvalue weighted by Gasteiger charge is 2.18. The molecule has 0 aliphatic heterocycles. The van der Waals surface area contributed by atoms with Crippen LogP contribution in [0.15, 0.2) is 156 Å². The summed E-state index contributed by atoms with van der Waals surface area (Å²) in [6, 6.07) is 52.3. The Balaban J connectivity index is 1.28. The first-order valence-corrected chi connectivity index (χ1v) is 15.0. The Kier molecular flexibility index (Phi) is 5.78. The summed E-state index contributed by atoms with van der Waals surface area (Å²) >= 11 is 0. The van der Waals surface area contributed by atoms with Gasteiger partial charge in [0.2, 0.25) is 0 Å². The standard InChI is InChI=1S/C41H25N3O/c1-3-10-26(11-4-1)30-19-20-31-25-37-35(24-33(31)23-30)38-34(16-9-17-36(38)45-37)41-43-39(28-13-5-2-6-14-28)42-40(44-41)32-21-18-27-12-7-8-15-29(27)22-32/h1-25H. The van der Waals surface area contributed by atoms with Crippen molar-refractivity contribution < 1.29 is 4.42 Å². The van der Waals surface area contributed by atoms with E-state index in [1.807, 2.05) is 48.5 Å². The van der Waals surface area contributed by atoms with Crippen LogP contribution in [0.25, 0.3) is 88.8 Å². The fourth-order valence-electron chi connectivity index (χ4n) is 6.24. The van der Waals surface area contributed by atoms with Crippen LogP contribution in [0.2, 0.25) is 0 Å². The van der Waals surface area contributed by atoms with Crippen LogP contribution < -0.4 is 0 Å². The molecule has 0 amide bonds. The molecule has 0 radical (unpaired) electrons. The van der Waals surface area contributed by atoms with E-state index in [1.54, 1.807) is 0 Å². The first-order valence-electron chi connectivity index (χ1n) is 15.0. The van der Waals surface area contributed by atoms with Crippen LogP contribution in [0.5, 0.6) is 0 Å². The number of nitrogens with zero attached hydrogens (tertiary/aromatic N) is 3. The molecule has 0 aliphatic carbocycles. The summed E-state index contributed by atoms with van der Waals surface area (Å²) in [5.41, 5.74) is 6.80. The van der Waals surface area contributed by atoms with Gasteiger partial charge < -0.3 is 4.42 Å². The third-order valence-electron chi connectivity index (χ3n) is 8.48. The molecule has 2 aromatic heterocycles. The van der Waals surface area contributed by atoms with Crippen molar-refractivity contribution in [2.24, 2.45) is 0 Å². The van der Waals surface area contributed by atoms with Gasteiger partial charge in [-0.15, -0.1) is 0 Å². The highest BCUT2D eigenvalue weighted by molar-refractivity contribution is 6.15. The lowest BCUT2D eigenvalue weighted by atomic mass is 9.98. The SMILES string of the molecule is c1ccc(-c2ccc3cc4oc5cccc(-c6nc(-c7ccccc7)nc(-c7ccc8ccccc8c7)n6)c5c4cc3c2)cc1. The molecule has 9 rings (SSSR count). The van der Waals surface area contributed by atoms with Gasteiger partial charge >= 0.3 is 0 Å². The van der Waals surface area contributed by atoms with E-state index in [-0.39, 0.29) is 0 Å². The fourth-order valence-corrected chi connectivity index (χ4v) is 6.24. The third-order valence-corrected chi connectivity index (χ3v) is 8.48. The molecule has 0 bridgehead atoms. The molecular formula is C41H25N3O. The molecule has 2 heterocycles. The number of furan rings is 1. The zero-order valence-electron chi connectivity index (χ0n) is 24.2. The maximum absolute atomic E-state index is 6.44. The Morgan fingerprint density at radius 2 is 0.978 bits per heavy atom. The highest BCUT2D eigenvalue weighted by atomic mass is 16.3. The molecule has 7 aromatic carbocycles. The van der Waals surface area contributed by atoms with Crippen molar-refractivity contribution in [1.29, 1.82) is 0 Å². The van der Waals surface area contributed by atoms with Crippen molar-refractivity contribution in [1.82, 2.24) is 15.0 Å². The predicted molar refractivity (Wildman–Crippen MR) is 184 cm³/mol. The number of fused-ring (bicyclic) bond motifs is 5. The van der Waals surface area contributed by atoms with E-state index in [1.165, 1.54) is 16.5 Å². The van der Waals surface area contributed by atoms with Crippen LogP contribution in [-0.2, 0) is 0 Å². The van der Waals surface area contributed by atoms with Gasteiger partial charge in [0.25, 0.3) is 0 Å².